The lowest BCUT2D eigenvalue weighted by molar-refractivity contribution is 0.0929. The van der Waals surface area contributed by atoms with E-state index in [0.717, 1.165) is 19.5 Å². The van der Waals surface area contributed by atoms with Crippen LogP contribution in [0.5, 0.6) is 0 Å². The summed E-state index contributed by atoms with van der Waals surface area (Å²) in [5.41, 5.74) is 3.33. The Morgan fingerprint density at radius 1 is 1.07 bits per heavy atom. The number of nitrogens with zero attached hydrogens (tertiary/aromatic N) is 1. The van der Waals surface area contributed by atoms with Crippen molar-refractivity contribution in [3.8, 4) is 0 Å². The van der Waals surface area contributed by atoms with Gasteiger partial charge in [-0.15, -0.1) is 11.3 Å². The average molecular weight is 397 g/mol. The molecule has 1 aromatic heterocycles. The Labute approximate surface area is 168 Å². The topological polar surface area (TPSA) is 32.3 Å². The lowest BCUT2D eigenvalue weighted by Gasteiger charge is -2.35. The summed E-state index contributed by atoms with van der Waals surface area (Å²) in [6.45, 7) is 2.45. The fourth-order valence-electron chi connectivity index (χ4n) is 3.60. The summed E-state index contributed by atoms with van der Waals surface area (Å²) < 4.78 is 0. The van der Waals surface area contributed by atoms with E-state index in [1.807, 2.05) is 12.1 Å². The molecule has 0 spiro atoms. The van der Waals surface area contributed by atoms with Crippen LogP contribution in [0.3, 0.4) is 0 Å². The van der Waals surface area contributed by atoms with Gasteiger partial charge < -0.3 is 5.32 Å². The highest BCUT2D eigenvalue weighted by molar-refractivity contribution is 7.10. The van der Waals surface area contributed by atoms with Crippen LogP contribution in [0.25, 0.3) is 0 Å². The number of halogens is 1. The second-order valence-corrected chi connectivity index (χ2v) is 8.10. The summed E-state index contributed by atoms with van der Waals surface area (Å²) in [6.07, 6.45) is 1.04. The molecule has 3 nitrogen and oxygen atoms in total. The number of benzene rings is 2. The highest BCUT2D eigenvalue weighted by Gasteiger charge is 2.26. The van der Waals surface area contributed by atoms with E-state index in [1.54, 1.807) is 23.5 Å². The van der Waals surface area contributed by atoms with Gasteiger partial charge in [-0.05, 0) is 41.1 Å². The second kappa shape index (κ2) is 8.26. The van der Waals surface area contributed by atoms with Crippen LogP contribution >= 0.6 is 22.9 Å². The molecule has 2 aromatic carbocycles. The molecule has 1 N–H and O–H groups in total. The van der Waals surface area contributed by atoms with Crippen molar-refractivity contribution in [2.45, 2.75) is 19.0 Å². The van der Waals surface area contributed by atoms with Crippen molar-refractivity contribution in [1.29, 1.82) is 0 Å². The molecule has 5 heteroatoms. The monoisotopic (exact) mass is 396 g/mol. The van der Waals surface area contributed by atoms with Gasteiger partial charge in [-0.2, -0.15) is 0 Å². The van der Waals surface area contributed by atoms with E-state index in [2.05, 4.69) is 52.0 Å². The molecule has 27 heavy (non-hydrogen) atoms. The van der Waals surface area contributed by atoms with Crippen LogP contribution in [-0.4, -0.2) is 23.9 Å². The van der Waals surface area contributed by atoms with Crippen molar-refractivity contribution >= 4 is 28.8 Å². The summed E-state index contributed by atoms with van der Waals surface area (Å²) in [6, 6.07) is 20.2. The van der Waals surface area contributed by atoms with Gasteiger partial charge in [-0.3, -0.25) is 9.69 Å². The Kier molecular flexibility index (Phi) is 5.58. The molecule has 0 unspecified atom stereocenters. The van der Waals surface area contributed by atoms with Gasteiger partial charge in [-0.1, -0.05) is 54.1 Å². The third kappa shape index (κ3) is 4.08. The van der Waals surface area contributed by atoms with Crippen LogP contribution in [0.15, 0.2) is 66.0 Å². The molecule has 1 aliphatic heterocycles. The highest BCUT2D eigenvalue weighted by atomic mass is 35.5. The second-order valence-electron chi connectivity index (χ2n) is 6.71. The molecular weight excluding hydrogens is 376 g/mol. The summed E-state index contributed by atoms with van der Waals surface area (Å²) >= 11 is 7.91. The Morgan fingerprint density at radius 2 is 1.85 bits per heavy atom. The molecule has 138 valence electrons. The third-order valence-corrected chi connectivity index (χ3v) is 6.35. The predicted octanol–water partition coefficient (Wildman–Crippen LogP) is 4.93. The molecule has 0 saturated heterocycles. The van der Waals surface area contributed by atoms with E-state index >= 15 is 0 Å². The molecule has 4 rings (SSSR count). The number of nitrogens with one attached hydrogen (secondary N) is 1. The standard InChI is InChI=1S/C22H21ClN2OS/c23-19-9-4-3-8-18(19)22(26)24-14-20(21-10-5-13-27-21)25-12-11-16-6-1-2-7-17(16)15-25/h1-10,13,20H,11-12,14-15H2,(H,24,26)/t20-/m1/s1. The molecule has 0 saturated carbocycles. The number of hydrogen-bond donors (Lipinski definition) is 1. The number of fused-ring (bicyclic) bond motifs is 1. The molecule has 0 fully saturated rings. The summed E-state index contributed by atoms with van der Waals surface area (Å²) in [5.74, 6) is -0.125. The van der Waals surface area contributed by atoms with Gasteiger partial charge in [0, 0.05) is 24.5 Å². The van der Waals surface area contributed by atoms with Crippen LogP contribution in [0, 0.1) is 0 Å². The van der Waals surface area contributed by atoms with E-state index in [0.29, 0.717) is 17.1 Å². The number of carbonyl (C=O) groups excluding carboxylic acids is 1. The molecule has 1 amide bonds. The molecule has 3 aromatic rings. The van der Waals surface area contributed by atoms with Gasteiger partial charge >= 0.3 is 0 Å². The number of carbonyl (C=O) groups is 1. The van der Waals surface area contributed by atoms with E-state index in [4.69, 9.17) is 11.6 Å². The van der Waals surface area contributed by atoms with Gasteiger partial charge in [0.25, 0.3) is 5.91 Å². The first-order valence-electron chi connectivity index (χ1n) is 9.09. The Bertz CT molecular complexity index is 926. The van der Waals surface area contributed by atoms with Crippen molar-refractivity contribution in [1.82, 2.24) is 10.2 Å². The Balaban J connectivity index is 1.51. The SMILES string of the molecule is O=C(NC[C@H](c1cccs1)N1CCc2ccccc2C1)c1ccccc1Cl. The number of hydrogen-bond acceptors (Lipinski definition) is 3. The van der Waals surface area contributed by atoms with Crippen LogP contribution in [0.4, 0.5) is 0 Å². The molecule has 2 heterocycles. The van der Waals surface area contributed by atoms with Crippen molar-refractivity contribution in [3.63, 3.8) is 0 Å². The normalized spacial score (nSPS) is 15.1. The lowest BCUT2D eigenvalue weighted by Crippen LogP contribution is -2.40. The van der Waals surface area contributed by atoms with Crippen LogP contribution in [0.1, 0.15) is 32.4 Å². The van der Waals surface area contributed by atoms with Gasteiger partial charge in [0.05, 0.1) is 16.6 Å². The minimum Gasteiger partial charge on any atom is -0.350 e. The van der Waals surface area contributed by atoms with E-state index in [1.165, 1.54) is 16.0 Å². The number of amides is 1. The van der Waals surface area contributed by atoms with Gasteiger partial charge in [0.1, 0.15) is 0 Å². The maximum absolute atomic E-state index is 12.6. The van der Waals surface area contributed by atoms with E-state index in [9.17, 15) is 4.79 Å². The average Bonchev–Trinajstić information content (AvgIpc) is 3.23. The first-order chi connectivity index (χ1) is 13.2. The summed E-state index contributed by atoms with van der Waals surface area (Å²) in [5, 5.41) is 5.67. The van der Waals surface area contributed by atoms with E-state index in [-0.39, 0.29) is 11.9 Å². The smallest absolute Gasteiger partial charge is 0.252 e. The molecule has 1 atom stereocenters. The summed E-state index contributed by atoms with van der Waals surface area (Å²) in [4.78, 5) is 16.3. The van der Waals surface area contributed by atoms with Crippen LogP contribution in [0.2, 0.25) is 5.02 Å². The quantitative estimate of drug-likeness (QED) is 0.663. The van der Waals surface area contributed by atoms with Crippen molar-refractivity contribution in [3.05, 3.63) is 92.6 Å². The molecule has 1 aliphatic rings. The molecule has 0 bridgehead atoms. The van der Waals surface area contributed by atoms with Gasteiger partial charge in [0.15, 0.2) is 0 Å². The predicted molar refractivity (Wildman–Crippen MR) is 111 cm³/mol. The zero-order valence-electron chi connectivity index (χ0n) is 14.9. The fraction of sp³-hybridized carbons (Fsp3) is 0.227. The van der Waals surface area contributed by atoms with Gasteiger partial charge in [-0.25, -0.2) is 0 Å². The Hall–Kier alpha value is -2.14. The van der Waals surface area contributed by atoms with Crippen molar-refractivity contribution in [2.75, 3.05) is 13.1 Å². The lowest BCUT2D eigenvalue weighted by atomic mass is 9.98. The minimum atomic E-state index is -0.125. The number of thiophene rings is 1. The largest absolute Gasteiger partial charge is 0.350 e. The number of rotatable bonds is 5. The third-order valence-electron chi connectivity index (χ3n) is 5.05. The zero-order chi connectivity index (χ0) is 18.6. The molecule has 0 aliphatic carbocycles. The highest BCUT2D eigenvalue weighted by Crippen LogP contribution is 2.30. The molecule has 0 radical (unpaired) electrons. The Morgan fingerprint density at radius 3 is 2.63 bits per heavy atom. The first-order valence-corrected chi connectivity index (χ1v) is 10.3. The van der Waals surface area contributed by atoms with Crippen LogP contribution in [-0.2, 0) is 13.0 Å². The fourth-order valence-corrected chi connectivity index (χ4v) is 4.69. The van der Waals surface area contributed by atoms with Crippen LogP contribution < -0.4 is 5.32 Å². The maximum atomic E-state index is 12.6. The van der Waals surface area contributed by atoms with Gasteiger partial charge in [0.2, 0.25) is 0 Å². The minimum absolute atomic E-state index is 0.125. The van der Waals surface area contributed by atoms with E-state index < -0.39 is 0 Å². The van der Waals surface area contributed by atoms with Crippen molar-refractivity contribution in [2.24, 2.45) is 0 Å². The maximum Gasteiger partial charge on any atom is 0.252 e. The first kappa shape index (κ1) is 18.2. The van der Waals surface area contributed by atoms with Crippen molar-refractivity contribution < 1.29 is 4.79 Å². The summed E-state index contributed by atoms with van der Waals surface area (Å²) in [7, 11) is 0. The molecular formula is C22H21ClN2OS. The zero-order valence-corrected chi connectivity index (χ0v) is 16.5.